The average Bonchev–Trinajstić information content (AvgIpc) is 3.76. The quantitative estimate of drug-likeness (QED) is 0.182. The van der Waals surface area contributed by atoms with Crippen LogP contribution >= 0.6 is 0 Å². The molecule has 3 heterocycles. The maximum atomic E-state index is 13.7. The standard InChI is InChI=1S/C26H27FN6O3S.C7H6F3N/c1-32-15-23(14-30-32)37(35)33(16-25-29-8-9-36-25)22-7-2-19-10-24(31-21-5-3-20(27)4-6-21)18(13-28)11-26(19,12-22)17-34;1-5-4-6(2-3-11-5)7(8,9)10/h3-6,8-10,13-15,17,22H,2,7,11-12,16,28H2,1H3;2-4H,1H3/b18-13-,31-24?;. The van der Waals surface area contributed by atoms with Crippen molar-refractivity contribution in [2.75, 3.05) is 0 Å². The van der Waals surface area contributed by atoms with Crippen LogP contribution in [0.1, 0.15) is 42.8 Å². The Morgan fingerprint density at radius 2 is 1.98 bits per heavy atom. The Morgan fingerprint density at radius 1 is 1.21 bits per heavy atom. The largest absolute Gasteiger partial charge is 0.448 e. The Hall–Kier alpha value is -4.76. The molecule has 0 spiro atoms. The number of nitrogens with two attached hydrogens (primary N) is 1. The van der Waals surface area contributed by atoms with Crippen LogP contribution in [0.3, 0.4) is 0 Å². The number of nitrogens with zero attached hydrogens (tertiary/aromatic N) is 6. The van der Waals surface area contributed by atoms with Gasteiger partial charge in [0.25, 0.3) is 0 Å². The third kappa shape index (κ3) is 8.02. The fourth-order valence-corrected chi connectivity index (χ4v) is 7.09. The van der Waals surface area contributed by atoms with Gasteiger partial charge in [0.15, 0.2) is 0 Å². The van der Waals surface area contributed by atoms with Crippen molar-refractivity contribution >= 4 is 28.7 Å². The van der Waals surface area contributed by atoms with Crippen molar-refractivity contribution in [2.24, 2.45) is 23.2 Å². The Kier molecular flexibility index (Phi) is 10.5. The van der Waals surface area contributed by atoms with E-state index in [1.807, 2.05) is 10.4 Å². The molecule has 3 aromatic heterocycles. The second-order valence-corrected chi connectivity index (χ2v) is 12.9. The molecule has 10 nitrogen and oxygen atoms in total. The van der Waals surface area contributed by atoms with Crippen molar-refractivity contribution in [1.82, 2.24) is 24.1 Å². The second kappa shape index (κ2) is 14.6. The molecule has 0 saturated heterocycles. The van der Waals surface area contributed by atoms with Gasteiger partial charge in [0.1, 0.15) is 29.4 Å². The summed E-state index contributed by atoms with van der Waals surface area (Å²) < 4.78 is 71.7. The zero-order valence-electron chi connectivity index (χ0n) is 26.1. The zero-order chi connectivity index (χ0) is 34.5. The number of carbonyl (C=O) groups excluding carboxylic acids is 1. The zero-order valence-corrected chi connectivity index (χ0v) is 26.9. The number of fused-ring (bicyclic) bond motifs is 1. The minimum absolute atomic E-state index is 0.190. The summed E-state index contributed by atoms with van der Waals surface area (Å²) in [6, 6.07) is 7.68. The SMILES string of the molecule is Cc1cc(C(F)(F)F)ccn1.Cn1cc(S(=O)N(Cc2ncco2)C2CCC3=CC(=Nc4ccc(F)cc4)/C(=C\N)CC3(C=O)C2)cn1. The highest BCUT2D eigenvalue weighted by atomic mass is 32.2. The lowest BCUT2D eigenvalue weighted by Crippen LogP contribution is -2.46. The highest BCUT2D eigenvalue weighted by molar-refractivity contribution is 7.82. The van der Waals surface area contributed by atoms with Crippen molar-refractivity contribution in [3.05, 3.63) is 114 Å². The van der Waals surface area contributed by atoms with Crippen LogP contribution in [0.2, 0.25) is 0 Å². The van der Waals surface area contributed by atoms with E-state index < -0.39 is 28.1 Å². The lowest BCUT2D eigenvalue weighted by Gasteiger charge is -2.45. The molecule has 2 aliphatic rings. The molecule has 2 N–H and O–H groups in total. The van der Waals surface area contributed by atoms with E-state index in [-0.39, 0.29) is 18.4 Å². The maximum absolute atomic E-state index is 13.7. The Morgan fingerprint density at radius 3 is 2.56 bits per heavy atom. The number of benzene rings is 1. The van der Waals surface area contributed by atoms with E-state index in [1.165, 1.54) is 31.5 Å². The third-order valence-electron chi connectivity index (χ3n) is 8.14. The van der Waals surface area contributed by atoms with Crippen molar-refractivity contribution in [3.8, 4) is 0 Å². The summed E-state index contributed by atoms with van der Waals surface area (Å²) >= 11 is 0. The summed E-state index contributed by atoms with van der Waals surface area (Å²) in [5, 5.41) is 4.16. The van der Waals surface area contributed by atoms with Crippen LogP contribution in [0.4, 0.5) is 23.2 Å². The molecule has 3 atom stereocenters. The van der Waals surface area contributed by atoms with E-state index in [0.717, 1.165) is 35.8 Å². The van der Waals surface area contributed by atoms with Crippen molar-refractivity contribution in [2.45, 2.75) is 56.3 Å². The number of allylic oxidation sites excluding steroid dienone is 3. The summed E-state index contributed by atoms with van der Waals surface area (Å²) in [6.07, 6.45) is 9.74. The summed E-state index contributed by atoms with van der Waals surface area (Å²) in [5.41, 5.74) is 7.87. The lowest BCUT2D eigenvalue weighted by molar-refractivity contribution is -0.137. The number of aromatic nitrogens is 4. The number of pyridine rings is 1. The van der Waals surface area contributed by atoms with Gasteiger partial charge in [-0.2, -0.15) is 18.3 Å². The van der Waals surface area contributed by atoms with E-state index in [2.05, 4.69) is 20.1 Å². The smallest absolute Gasteiger partial charge is 0.416 e. The van der Waals surface area contributed by atoms with Crippen LogP contribution in [0.15, 0.2) is 105 Å². The number of hydrogen-bond acceptors (Lipinski definition) is 8. The molecule has 2 aliphatic carbocycles. The molecule has 1 fully saturated rings. The lowest BCUT2D eigenvalue weighted by atomic mass is 9.63. The van der Waals surface area contributed by atoms with Crippen LogP contribution in [-0.2, 0) is 35.5 Å². The highest BCUT2D eigenvalue weighted by Gasteiger charge is 2.46. The molecule has 252 valence electrons. The second-order valence-electron chi connectivity index (χ2n) is 11.5. The fourth-order valence-electron chi connectivity index (χ4n) is 5.76. The molecule has 6 rings (SSSR count). The first-order valence-corrected chi connectivity index (χ1v) is 16.0. The normalized spacial score (nSPS) is 21.7. The monoisotopic (exact) mass is 683 g/mol. The third-order valence-corrected chi connectivity index (χ3v) is 9.60. The number of hydrogen-bond donors (Lipinski definition) is 1. The Labute approximate surface area is 276 Å². The summed E-state index contributed by atoms with van der Waals surface area (Å²) in [5.74, 6) is 0.107. The first-order valence-electron chi connectivity index (χ1n) is 14.9. The van der Waals surface area contributed by atoms with Gasteiger partial charge in [-0.1, -0.05) is 5.57 Å². The predicted octanol–water partition coefficient (Wildman–Crippen LogP) is 6.16. The van der Waals surface area contributed by atoms with E-state index in [9.17, 15) is 26.6 Å². The number of rotatable bonds is 7. The van der Waals surface area contributed by atoms with Crippen LogP contribution in [0.5, 0.6) is 0 Å². The van der Waals surface area contributed by atoms with Crippen LogP contribution in [-0.4, -0.2) is 46.3 Å². The highest BCUT2D eigenvalue weighted by Crippen LogP contribution is 2.49. The maximum Gasteiger partial charge on any atom is 0.416 e. The van der Waals surface area contributed by atoms with Crippen molar-refractivity contribution < 1.29 is 31.0 Å². The van der Waals surface area contributed by atoms with Gasteiger partial charge in [-0.3, -0.25) is 9.67 Å². The molecule has 3 unspecified atom stereocenters. The van der Waals surface area contributed by atoms with Gasteiger partial charge in [-0.05, 0) is 86.9 Å². The van der Waals surface area contributed by atoms with Gasteiger partial charge in [-0.15, -0.1) is 0 Å². The molecule has 1 saturated carbocycles. The van der Waals surface area contributed by atoms with Crippen molar-refractivity contribution in [1.29, 1.82) is 0 Å². The van der Waals surface area contributed by atoms with E-state index in [0.29, 0.717) is 53.6 Å². The molecule has 0 bridgehead atoms. The first kappa shape index (κ1) is 34.6. The minimum atomic E-state index is -4.26. The van der Waals surface area contributed by atoms with Crippen LogP contribution < -0.4 is 5.73 Å². The summed E-state index contributed by atoms with van der Waals surface area (Å²) in [6.45, 7) is 1.75. The molecule has 4 aromatic rings. The topological polar surface area (TPSA) is 132 Å². The number of aldehydes is 1. The van der Waals surface area contributed by atoms with Gasteiger partial charge in [0.2, 0.25) is 5.89 Å². The van der Waals surface area contributed by atoms with E-state index >= 15 is 0 Å². The van der Waals surface area contributed by atoms with Gasteiger partial charge in [-0.25, -0.2) is 22.9 Å². The minimum Gasteiger partial charge on any atom is -0.448 e. The summed E-state index contributed by atoms with van der Waals surface area (Å²) in [7, 11) is 0.230. The van der Waals surface area contributed by atoms with Crippen LogP contribution in [0, 0.1) is 18.2 Å². The number of alkyl halides is 3. The predicted molar refractivity (Wildman–Crippen MR) is 170 cm³/mol. The number of aryl methyl sites for hydroxylation is 2. The van der Waals surface area contributed by atoms with Gasteiger partial charge < -0.3 is 14.9 Å². The molecule has 15 heteroatoms. The van der Waals surface area contributed by atoms with Gasteiger partial charge in [0.05, 0.1) is 46.2 Å². The first-order chi connectivity index (χ1) is 22.9. The number of oxazole rings is 1. The van der Waals surface area contributed by atoms with E-state index in [1.54, 1.807) is 42.5 Å². The number of halogens is 4. The van der Waals surface area contributed by atoms with Gasteiger partial charge in [0, 0.05) is 31.2 Å². The fraction of sp³-hybridized carbons (Fsp3) is 0.303. The molecular formula is C33H33F4N7O3S. The molecule has 0 radical (unpaired) electrons. The van der Waals surface area contributed by atoms with Crippen molar-refractivity contribution in [3.63, 3.8) is 0 Å². The van der Waals surface area contributed by atoms with Gasteiger partial charge >= 0.3 is 6.18 Å². The molecule has 0 amide bonds. The van der Waals surface area contributed by atoms with E-state index in [4.69, 9.17) is 10.2 Å². The number of aliphatic imine (C=N–C) groups is 1. The summed E-state index contributed by atoms with van der Waals surface area (Å²) in [4.78, 5) is 25.8. The molecule has 0 aliphatic heterocycles. The molecule has 48 heavy (non-hydrogen) atoms. The molecular weight excluding hydrogens is 650 g/mol. The average molecular weight is 684 g/mol. The van der Waals surface area contributed by atoms with Crippen LogP contribution in [0.25, 0.3) is 0 Å². The molecule has 1 aromatic carbocycles. The number of carbonyl (C=O) groups is 1. The Bertz CT molecular complexity index is 1850. The Balaban J connectivity index is 0.000000349.